The fourth-order valence-corrected chi connectivity index (χ4v) is 4.59. The molecule has 0 unspecified atom stereocenters. The molecule has 3 aromatic carbocycles. The summed E-state index contributed by atoms with van der Waals surface area (Å²) < 4.78 is 5.85. The predicted octanol–water partition coefficient (Wildman–Crippen LogP) is 5.78. The Hall–Kier alpha value is -3.99. The third kappa shape index (κ3) is 3.27. The van der Waals surface area contributed by atoms with E-state index in [0.717, 1.165) is 27.6 Å². The Morgan fingerprint density at radius 1 is 0.941 bits per heavy atom. The zero-order valence-electron chi connectivity index (χ0n) is 19.7. The van der Waals surface area contributed by atoms with Crippen LogP contribution in [-0.2, 0) is 15.0 Å². The number of nitrogens with one attached hydrogen (secondary N) is 1. The van der Waals surface area contributed by atoms with Crippen molar-refractivity contribution in [2.75, 3.05) is 5.32 Å². The van der Waals surface area contributed by atoms with E-state index in [-0.39, 0.29) is 11.9 Å². The van der Waals surface area contributed by atoms with Gasteiger partial charge in [-0.3, -0.25) is 9.78 Å². The van der Waals surface area contributed by atoms with Gasteiger partial charge in [-0.25, -0.2) is 4.79 Å². The third-order valence-electron chi connectivity index (χ3n) is 6.36. The summed E-state index contributed by atoms with van der Waals surface area (Å²) in [5, 5.41) is 3.80. The van der Waals surface area contributed by atoms with Gasteiger partial charge in [0.2, 0.25) is 5.91 Å². The molecule has 2 heterocycles. The van der Waals surface area contributed by atoms with Crippen LogP contribution in [0.2, 0.25) is 0 Å². The van der Waals surface area contributed by atoms with E-state index < -0.39 is 10.8 Å². The molecule has 5 rings (SSSR count). The quantitative estimate of drug-likeness (QED) is 0.317. The van der Waals surface area contributed by atoms with Gasteiger partial charge in [-0.1, -0.05) is 80.9 Å². The molecule has 1 atom stereocenters. The minimum atomic E-state index is -1.16. The first kappa shape index (κ1) is 21.8. The number of carbonyl (C=O) groups is 2. The summed E-state index contributed by atoms with van der Waals surface area (Å²) in [6.07, 6.45) is 1.69. The van der Waals surface area contributed by atoms with E-state index in [1.165, 1.54) is 0 Å². The molecule has 0 aliphatic carbocycles. The number of ether oxygens (including phenoxy) is 1. The van der Waals surface area contributed by atoms with Gasteiger partial charge in [0.15, 0.2) is 0 Å². The number of pyridine rings is 1. The first-order valence-electron chi connectivity index (χ1n) is 11.3. The maximum Gasteiger partial charge on any atom is 0.331 e. The Bertz CT molecular complexity index is 1440. The van der Waals surface area contributed by atoms with Gasteiger partial charge >= 0.3 is 5.97 Å². The molecule has 0 radical (unpaired) electrons. The van der Waals surface area contributed by atoms with Crippen molar-refractivity contribution in [2.24, 2.45) is 5.41 Å². The second-order valence-corrected chi connectivity index (χ2v) is 9.77. The van der Waals surface area contributed by atoms with Crippen molar-refractivity contribution in [3.05, 3.63) is 101 Å². The van der Waals surface area contributed by atoms with Crippen LogP contribution in [0, 0.1) is 12.3 Å². The first-order chi connectivity index (χ1) is 16.2. The lowest BCUT2D eigenvalue weighted by atomic mass is 9.69. The minimum absolute atomic E-state index is 0.105. The molecular weight excluding hydrogens is 424 g/mol. The van der Waals surface area contributed by atoms with Crippen molar-refractivity contribution in [2.45, 2.75) is 33.1 Å². The van der Waals surface area contributed by atoms with Crippen molar-refractivity contribution in [1.29, 1.82) is 0 Å². The molecule has 0 bridgehead atoms. The average Bonchev–Trinajstić information content (AvgIpc) is 3.11. The first-order valence-corrected chi connectivity index (χ1v) is 11.3. The summed E-state index contributed by atoms with van der Waals surface area (Å²) in [4.78, 5) is 31.1. The molecule has 34 heavy (non-hydrogen) atoms. The number of amides is 1. The van der Waals surface area contributed by atoms with Crippen LogP contribution >= 0.6 is 0 Å². The second-order valence-electron chi connectivity index (χ2n) is 9.77. The molecule has 0 fully saturated rings. The molecular formula is C29H26N2O3. The van der Waals surface area contributed by atoms with Crippen molar-refractivity contribution >= 4 is 28.5 Å². The predicted molar refractivity (Wildman–Crippen MR) is 133 cm³/mol. The number of aromatic nitrogens is 1. The Kier molecular flexibility index (Phi) is 5.01. The number of hydrogen-bond acceptors (Lipinski definition) is 4. The van der Waals surface area contributed by atoms with E-state index >= 15 is 0 Å². The highest BCUT2D eigenvalue weighted by Gasteiger charge is 2.53. The van der Waals surface area contributed by atoms with Gasteiger partial charge in [0.1, 0.15) is 11.2 Å². The molecule has 170 valence electrons. The number of aryl methyl sites for hydroxylation is 1. The number of carbonyl (C=O) groups excluding carboxylic acids is 2. The number of rotatable bonds is 3. The van der Waals surface area contributed by atoms with Crippen LogP contribution < -0.4 is 10.1 Å². The Morgan fingerprint density at radius 3 is 2.44 bits per heavy atom. The molecule has 1 aromatic heterocycles. The monoisotopic (exact) mass is 450 g/mol. The number of anilines is 1. The smallest absolute Gasteiger partial charge is 0.331 e. The van der Waals surface area contributed by atoms with Crippen molar-refractivity contribution in [1.82, 2.24) is 4.98 Å². The van der Waals surface area contributed by atoms with E-state index in [2.05, 4.69) is 10.3 Å². The summed E-state index contributed by atoms with van der Waals surface area (Å²) in [7, 11) is 0. The fourth-order valence-electron chi connectivity index (χ4n) is 4.59. The maximum atomic E-state index is 13.8. The third-order valence-corrected chi connectivity index (χ3v) is 6.36. The number of benzene rings is 3. The molecule has 1 aliphatic rings. The number of fused-ring (bicyclic) bond motifs is 2. The molecule has 1 amide bonds. The fraction of sp³-hybridized carbons (Fsp3) is 0.207. The van der Waals surface area contributed by atoms with Crippen LogP contribution in [0.4, 0.5) is 5.69 Å². The van der Waals surface area contributed by atoms with Crippen LogP contribution in [0.1, 0.15) is 43.0 Å². The van der Waals surface area contributed by atoms with E-state index in [9.17, 15) is 9.59 Å². The molecule has 5 heteroatoms. The zero-order chi connectivity index (χ0) is 24.1. The summed E-state index contributed by atoms with van der Waals surface area (Å²) in [5.41, 5.74) is 2.95. The summed E-state index contributed by atoms with van der Waals surface area (Å²) >= 11 is 0. The summed E-state index contributed by atoms with van der Waals surface area (Å²) in [6, 6.07) is 23.0. The number of esters is 1. The van der Waals surface area contributed by atoms with E-state index in [0.29, 0.717) is 17.0 Å². The molecule has 4 aromatic rings. The standard InChI is InChI=1S/C29H26N2O3/c1-18-12-15-24-22(17-18)29(27(33)34-24,19-9-6-5-7-10-19)21-13-14-23(31-26(32)28(2,3)4)25-20(21)11-8-16-30-25/h5-17H,1-4H3,(H,31,32)/t29-/m0/s1. The molecule has 0 saturated carbocycles. The highest BCUT2D eigenvalue weighted by Crippen LogP contribution is 2.51. The Labute approximate surface area is 198 Å². The van der Waals surface area contributed by atoms with Gasteiger partial charge < -0.3 is 10.1 Å². The highest BCUT2D eigenvalue weighted by atomic mass is 16.5. The molecule has 5 nitrogen and oxygen atoms in total. The van der Waals surface area contributed by atoms with Crippen molar-refractivity contribution < 1.29 is 14.3 Å². The van der Waals surface area contributed by atoms with Gasteiger partial charge in [0.25, 0.3) is 0 Å². The molecule has 0 saturated heterocycles. The van der Waals surface area contributed by atoms with Crippen LogP contribution in [0.5, 0.6) is 5.75 Å². The van der Waals surface area contributed by atoms with Crippen LogP contribution in [-0.4, -0.2) is 16.9 Å². The van der Waals surface area contributed by atoms with Crippen LogP contribution in [0.15, 0.2) is 79.0 Å². The van der Waals surface area contributed by atoms with Gasteiger partial charge in [0.05, 0.1) is 11.2 Å². The lowest BCUT2D eigenvalue weighted by Crippen LogP contribution is -2.36. The van der Waals surface area contributed by atoms with Crippen LogP contribution in [0.3, 0.4) is 0 Å². The van der Waals surface area contributed by atoms with E-state index in [4.69, 9.17) is 4.74 Å². The lowest BCUT2D eigenvalue weighted by molar-refractivity contribution is -0.135. The zero-order valence-corrected chi connectivity index (χ0v) is 19.7. The van der Waals surface area contributed by atoms with Crippen molar-refractivity contribution in [3.8, 4) is 5.75 Å². The van der Waals surface area contributed by atoms with Gasteiger partial charge in [-0.2, -0.15) is 0 Å². The topological polar surface area (TPSA) is 68.3 Å². The number of nitrogens with zero attached hydrogens (tertiary/aromatic N) is 1. The minimum Gasteiger partial charge on any atom is -0.425 e. The summed E-state index contributed by atoms with van der Waals surface area (Å²) in [6.45, 7) is 7.60. The average molecular weight is 451 g/mol. The molecule has 1 N–H and O–H groups in total. The molecule has 0 spiro atoms. The van der Waals surface area contributed by atoms with Crippen LogP contribution in [0.25, 0.3) is 10.9 Å². The van der Waals surface area contributed by atoms with Gasteiger partial charge in [-0.15, -0.1) is 0 Å². The SMILES string of the molecule is Cc1ccc2c(c1)[C@](c1ccccc1)(c1ccc(NC(=O)C(C)(C)C)c3ncccc13)C(=O)O2. The van der Waals surface area contributed by atoms with Crippen molar-refractivity contribution in [3.63, 3.8) is 0 Å². The lowest BCUT2D eigenvalue weighted by Gasteiger charge is -2.29. The second kappa shape index (κ2) is 7.80. The largest absolute Gasteiger partial charge is 0.425 e. The van der Waals surface area contributed by atoms with Gasteiger partial charge in [0, 0.05) is 22.6 Å². The summed E-state index contributed by atoms with van der Waals surface area (Å²) in [5.74, 6) is 0.101. The highest BCUT2D eigenvalue weighted by molar-refractivity contribution is 6.07. The van der Waals surface area contributed by atoms with Gasteiger partial charge in [-0.05, 0) is 36.2 Å². The normalized spacial score (nSPS) is 17.4. The van der Waals surface area contributed by atoms with E-state index in [1.807, 2.05) is 100 Å². The maximum absolute atomic E-state index is 13.8. The Morgan fingerprint density at radius 2 is 1.71 bits per heavy atom. The molecule has 1 aliphatic heterocycles. The Balaban J connectivity index is 1.82. The number of hydrogen-bond donors (Lipinski definition) is 1. The van der Waals surface area contributed by atoms with E-state index in [1.54, 1.807) is 6.20 Å².